The van der Waals surface area contributed by atoms with Gasteiger partial charge in [-0.2, -0.15) is 5.10 Å². The van der Waals surface area contributed by atoms with Gasteiger partial charge in [-0.1, -0.05) is 12.1 Å². The van der Waals surface area contributed by atoms with Crippen LogP contribution in [0.15, 0.2) is 53.0 Å². The van der Waals surface area contributed by atoms with Gasteiger partial charge in [0.15, 0.2) is 0 Å². The number of carbonyl (C=O) groups excluding carboxylic acids is 1. The maximum absolute atomic E-state index is 12.5. The molecule has 3 rings (SSSR count). The average Bonchev–Trinajstić information content (AvgIpc) is 3.32. The van der Waals surface area contributed by atoms with Crippen LogP contribution in [0.5, 0.6) is 0 Å². The van der Waals surface area contributed by atoms with Crippen LogP contribution in [0.25, 0.3) is 5.13 Å². The lowest BCUT2D eigenvalue weighted by Crippen LogP contribution is -2.27. The van der Waals surface area contributed by atoms with Crippen molar-refractivity contribution >= 4 is 27.3 Å². The molecule has 0 aliphatic heterocycles. The van der Waals surface area contributed by atoms with Crippen molar-refractivity contribution in [3.63, 3.8) is 0 Å². The minimum Gasteiger partial charge on any atom is -0.465 e. The molecule has 0 fully saturated rings. The Morgan fingerprint density at radius 2 is 2.12 bits per heavy atom. The quantitative estimate of drug-likeness (QED) is 0.613. The van der Waals surface area contributed by atoms with Crippen LogP contribution in [0.3, 0.4) is 0 Å². The van der Waals surface area contributed by atoms with Crippen LogP contribution in [-0.2, 0) is 21.2 Å². The van der Waals surface area contributed by atoms with Crippen molar-refractivity contribution in [3.05, 3.63) is 59.4 Å². The fourth-order valence-electron chi connectivity index (χ4n) is 2.27. The Hall–Kier alpha value is -2.56. The van der Waals surface area contributed by atoms with E-state index in [1.54, 1.807) is 35.3 Å². The highest BCUT2D eigenvalue weighted by Gasteiger charge is 2.22. The Morgan fingerprint density at radius 3 is 2.85 bits per heavy atom. The number of nitrogens with one attached hydrogen (secondary N) is 1. The molecule has 3 aromatic rings. The number of nitrogens with zero attached hydrogens (tertiary/aromatic N) is 3. The van der Waals surface area contributed by atoms with Gasteiger partial charge in [0.1, 0.15) is 0 Å². The minimum absolute atomic E-state index is 0.00266. The number of thiazole rings is 1. The number of benzene rings is 1. The van der Waals surface area contributed by atoms with Crippen molar-refractivity contribution in [2.75, 3.05) is 13.7 Å². The molecule has 0 aliphatic carbocycles. The van der Waals surface area contributed by atoms with Gasteiger partial charge >= 0.3 is 5.97 Å². The summed E-state index contributed by atoms with van der Waals surface area (Å²) in [5.41, 5.74) is 0.751. The molecule has 0 aliphatic rings. The average molecular weight is 392 g/mol. The molecule has 2 heterocycles. The predicted molar refractivity (Wildman–Crippen MR) is 95.9 cm³/mol. The van der Waals surface area contributed by atoms with Crippen molar-refractivity contribution < 1.29 is 17.9 Å². The Labute approximate surface area is 154 Å². The number of methoxy groups -OCH3 is 1. The lowest BCUT2D eigenvalue weighted by Gasteiger charge is -2.09. The number of hydrogen-bond donors (Lipinski definition) is 1. The van der Waals surface area contributed by atoms with Gasteiger partial charge in [0, 0.05) is 30.7 Å². The second-order valence-electron chi connectivity index (χ2n) is 5.21. The minimum atomic E-state index is -3.85. The molecule has 26 heavy (non-hydrogen) atoms. The summed E-state index contributed by atoms with van der Waals surface area (Å²) in [5.74, 6) is -0.700. The van der Waals surface area contributed by atoms with Gasteiger partial charge in [-0.3, -0.25) is 0 Å². The summed E-state index contributed by atoms with van der Waals surface area (Å²) in [7, 11) is -2.64. The number of carbonyl (C=O) groups is 1. The Balaban J connectivity index is 1.67. The van der Waals surface area contributed by atoms with E-state index in [-0.39, 0.29) is 17.0 Å². The monoisotopic (exact) mass is 392 g/mol. The molecule has 1 aromatic carbocycles. The molecule has 0 amide bonds. The molecule has 2 aromatic heterocycles. The van der Waals surface area contributed by atoms with E-state index in [1.807, 2.05) is 5.38 Å². The van der Waals surface area contributed by atoms with Crippen molar-refractivity contribution in [1.82, 2.24) is 19.5 Å². The van der Waals surface area contributed by atoms with Crippen LogP contribution in [-0.4, -0.2) is 42.8 Å². The summed E-state index contributed by atoms with van der Waals surface area (Å²) >= 11 is 1.42. The van der Waals surface area contributed by atoms with Crippen molar-refractivity contribution in [2.24, 2.45) is 0 Å². The zero-order chi connectivity index (χ0) is 18.6. The Kier molecular flexibility index (Phi) is 5.45. The maximum atomic E-state index is 12.5. The van der Waals surface area contributed by atoms with E-state index in [9.17, 15) is 13.2 Å². The highest BCUT2D eigenvalue weighted by atomic mass is 32.2. The fraction of sp³-hybridized carbons (Fsp3) is 0.188. The smallest absolute Gasteiger partial charge is 0.339 e. The number of aromatic nitrogens is 3. The Bertz CT molecular complexity index is 997. The molecular weight excluding hydrogens is 376 g/mol. The van der Waals surface area contributed by atoms with E-state index in [1.165, 1.54) is 30.6 Å². The molecule has 0 spiro atoms. The van der Waals surface area contributed by atoms with Crippen LogP contribution >= 0.6 is 11.3 Å². The zero-order valence-corrected chi connectivity index (χ0v) is 15.5. The van der Waals surface area contributed by atoms with Gasteiger partial charge in [0.2, 0.25) is 15.2 Å². The van der Waals surface area contributed by atoms with Gasteiger partial charge in [0.05, 0.1) is 23.3 Å². The summed E-state index contributed by atoms with van der Waals surface area (Å²) in [4.78, 5) is 16.1. The molecule has 0 saturated carbocycles. The first-order valence-electron chi connectivity index (χ1n) is 7.62. The SMILES string of the molecule is COC(=O)c1ccccc1S(=O)(=O)NCCc1csc(-n2cccn2)n1. The molecule has 0 unspecified atom stereocenters. The fourth-order valence-corrected chi connectivity index (χ4v) is 4.29. The predicted octanol–water partition coefficient (Wildman–Crippen LogP) is 1.64. The molecule has 0 bridgehead atoms. The summed E-state index contributed by atoms with van der Waals surface area (Å²) in [6.45, 7) is 0.153. The van der Waals surface area contributed by atoms with Crippen LogP contribution in [0.1, 0.15) is 16.1 Å². The molecule has 1 N–H and O–H groups in total. The molecule has 0 atom stereocenters. The maximum Gasteiger partial charge on any atom is 0.339 e. The summed E-state index contributed by atoms with van der Waals surface area (Å²) < 4.78 is 33.8. The Morgan fingerprint density at radius 1 is 1.31 bits per heavy atom. The molecule has 8 nitrogen and oxygen atoms in total. The number of sulfonamides is 1. The highest BCUT2D eigenvalue weighted by Crippen LogP contribution is 2.17. The topological polar surface area (TPSA) is 103 Å². The van der Waals surface area contributed by atoms with Crippen molar-refractivity contribution in [1.29, 1.82) is 0 Å². The van der Waals surface area contributed by atoms with E-state index < -0.39 is 16.0 Å². The first-order chi connectivity index (χ1) is 12.5. The van der Waals surface area contributed by atoms with Crippen LogP contribution in [0.2, 0.25) is 0 Å². The van der Waals surface area contributed by atoms with E-state index in [0.717, 1.165) is 5.69 Å². The first kappa shape index (κ1) is 18.2. The number of esters is 1. The van der Waals surface area contributed by atoms with E-state index in [0.29, 0.717) is 11.6 Å². The van der Waals surface area contributed by atoms with Crippen LogP contribution in [0, 0.1) is 0 Å². The molecule has 0 radical (unpaired) electrons. The van der Waals surface area contributed by atoms with Crippen LogP contribution < -0.4 is 4.72 Å². The largest absolute Gasteiger partial charge is 0.465 e. The lowest BCUT2D eigenvalue weighted by atomic mass is 10.2. The summed E-state index contributed by atoms with van der Waals surface area (Å²) in [6, 6.07) is 7.72. The third kappa shape index (κ3) is 3.98. The molecule has 10 heteroatoms. The third-order valence-electron chi connectivity index (χ3n) is 3.50. The van der Waals surface area contributed by atoms with E-state index in [4.69, 9.17) is 0 Å². The van der Waals surface area contributed by atoms with Gasteiger partial charge in [-0.25, -0.2) is 27.6 Å². The zero-order valence-electron chi connectivity index (χ0n) is 13.8. The highest BCUT2D eigenvalue weighted by molar-refractivity contribution is 7.89. The standard InChI is InChI=1S/C16H16N4O4S2/c1-24-15(21)13-5-2-3-6-14(13)26(22,23)18-9-7-12-11-25-16(19-12)20-10-4-8-17-20/h2-6,8,10-11,18H,7,9H2,1H3. The molecular formula is C16H16N4O4S2. The normalized spacial score (nSPS) is 11.4. The van der Waals surface area contributed by atoms with Crippen molar-refractivity contribution in [3.8, 4) is 5.13 Å². The van der Waals surface area contributed by atoms with Gasteiger partial charge in [-0.15, -0.1) is 11.3 Å². The molecule has 0 saturated heterocycles. The second-order valence-corrected chi connectivity index (χ2v) is 7.78. The first-order valence-corrected chi connectivity index (χ1v) is 9.99. The third-order valence-corrected chi connectivity index (χ3v) is 5.89. The number of hydrogen-bond acceptors (Lipinski definition) is 7. The summed E-state index contributed by atoms with van der Waals surface area (Å²) in [6.07, 6.45) is 3.86. The van der Waals surface area contributed by atoms with Gasteiger partial charge in [0.25, 0.3) is 0 Å². The second kappa shape index (κ2) is 7.77. The van der Waals surface area contributed by atoms with Crippen LogP contribution in [0.4, 0.5) is 0 Å². The van der Waals surface area contributed by atoms with Crippen molar-refractivity contribution in [2.45, 2.75) is 11.3 Å². The lowest BCUT2D eigenvalue weighted by molar-refractivity contribution is 0.0596. The molecule has 136 valence electrons. The number of rotatable bonds is 7. The van der Waals surface area contributed by atoms with Gasteiger partial charge in [-0.05, 0) is 18.2 Å². The number of ether oxygens (including phenoxy) is 1. The van der Waals surface area contributed by atoms with E-state index >= 15 is 0 Å². The van der Waals surface area contributed by atoms with Gasteiger partial charge < -0.3 is 4.74 Å². The van der Waals surface area contributed by atoms with E-state index in [2.05, 4.69) is 19.5 Å². The summed E-state index contributed by atoms with van der Waals surface area (Å²) in [5, 5.41) is 6.67.